The molecule has 0 saturated carbocycles. The Kier molecular flexibility index (Phi) is 8.59. The van der Waals surface area contributed by atoms with E-state index in [0.717, 1.165) is 17.4 Å². The number of amides is 1. The van der Waals surface area contributed by atoms with E-state index in [1.165, 1.54) is 4.31 Å². The molecule has 0 aliphatic carbocycles. The highest BCUT2D eigenvalue weighted by atomic mass is 35.5. The van der Waals surface area contributed by atoms with Crippen molar-refractivity contribution in [3.05, 3.63) is 52.5 Å². The first-order valence-electron chi connectivity index (χ1n) is 9.82. The highest BCUT2D eigenvalue weighted by Crippen LogP contribution is 2.29. The molecule has 1 N–H and O–H groups in total. The second-order valence-electron chi connectivity index (χ2n) is 7.27. The Morgan fingerprint density at radius 2 is 1.87 bits per heavy atom. The maximum absolute atomic E-state index is 12.5. The van der Waals surface area contributed by atoms with Crippen molar-refractivity contribution in [1.82, 2.24) is 5.32 Å². The van der Waals surface area contributed by atoms with Crippen molar-refractivity contribution in [1.29, 1.82) is 0 Å². The molecule has 170 valence electrons. The fourth-order valence-electron chi connectivity index (χ4n) is 3.27. The average Bonchev–Trinajstić information content (AvgIpc) is 2.71. The topological polar surface area (TPSA) is 84.9 Å². The number of halogens is 1. The molecule has 1 atom stereocenters. The third-order valence-corrected chi connectivity index (χ3v) is 6.30. The van der Waals surface area contributed by atoms with E-state index in [-0.39, 0.29) is 24.9 Å². The van der Waals surface area contributed by atoms with Gasteiger partial charge in [0.1, 0.15) is 11.5 Å². The van der Waals surface area contributed by atoms with Crippen LogP contribution in [0.4, 0.5) is 5.69 Å². The summed E-state index contributed by atoms with van der Waals surface area (Å²) in [5.41, 5.74) is 2.10. The third kappa shape index (κ3) is 6.77. The van der Waals surface area contributed by atoms with Crippen molar-refractivity contribution in [2.75, 3.05) is 31.3 Å². The van der Waals surface area contributed by atoms with Crippen LogP contribution in [0.25, 0.3) is 0 Å². The first kappa shape index (κ1) is 24.8. The summed E-state index contributed by atoms with van der Waals surface area (Å²) in [4.78, 5) is 12.5. The van der Waals surface area contributed by atoms with Gasteiger partial charge in [0.2, 0.25) is 15.9 Å². The fraction of sp³-hybridized carbons (Fsp3) is 0.409. The first-order valence-corrected chi connectivity index (χ1v) is 12.0. The lowest BCUT2D eigenvalue weighted by Crippen LogP contribution is -2.33. The van der Waals surface area contributed by atoms with E-state index in [2.05, 4.69) is 5.32 Å². The molecule has 0 bridgehead atoms. The Bertz CT molecular complexity index is 1030. The maximum Gasteiger partial charge on any atom is 0.232 e. The Morgan fingerprint density at radius 3 is 2.48 bits per heavy atom. The Balaban J connectivity index is 2.04. The van der Waals surface area contributed by atoms with Crippen LogP contribution in [-0.2, 0) is 14.8 Å². The largest absolute Gasteiger partial charge is 0.497 e. The van der Waals surface area contributed by atoms with Crippen LogP contribution in [0.1, 0.15) is 36.9 Å². The molecule has 0 radical (unpaired) electrons. The number of carbonyl (C=O) groups is 1. The summed E-state index contributed by atoms with van der Waals surface area (Å²) >= 11 is 6.05. The summed E-state index contributed by atoms with van der Waals surface area (Å²) in [6, 6.07) is 10.2. The standard InChI is InChI=1S/C22H29ClN2O5S/c1-15-8-9-17(23)13-20(15)25(31(5,27)28)12-6-7-22(26)24-16(2)19-14-18(29-3)10-11-21(19)30-4/h8-11,13-14,16H,6-7,12H2,1-5H3,(H,24,26)/t16-/m1/s1. The van der Waals surface area contributed by atoms with Crippen molar-refractivity contribution in [2.45, 2.75) is 32.7 Å². The Morgan fingerprint density at radius 1 is 1.16 bits per heavy atom. The molecular weight excluding hydrogens is 440 g/mol. The summed E-state index contributed by atoms with van der Waals surface area (Å²) in [5, 5.41) is 3.38. The minimum atomic E-state index is -3.53. The monoisotopic (exact) mass is 468 g/mol. The molecule has 0 aliphatic heterocycles. The fourth-order valence-corrected chi connectivity index (χ4v) is 4.45. The molecule has 7 nitrogen and oxygen atoms in total. The molecule has 0 fully saturated rings. The van der Waals surface area contributed by atoms with Crippen molar-refractivity contribution in [2.24, 2.45) is 0 Å². The lowest BCUT2D eigenvalue weighted by atomic mass is 10.1. The van der Waals surface area contributed by atoms with E-state index in [1.54, 1.807) is 44.6 Å². The van der Waals surface area contributed by atoms with E-state index < -0.39 is 10.0 Å². The molecule has 9 heteroatoms. The van der Waals surface area contributed by atoms with Gasteiger partial charge in [-0.25, -0.2) is 8.42 Å². The summed E-state index contributed by atoms with van der Waals surface area (Å²) in [6.07, 6.45) is 1.67. The number of hydrogen-bond donors (Lipinski definition) is 1. The van der Waals surface area contributed by atoms with Gasteiger partial charge in [-0.1, -0.05) is 17.7 Å². The van der Waals surface area contributed by atoms with Gasteiger partial charge in [0.05, 0.1) is 32.2 Å². The number of sulfonamides is 1. The second kappa shape index (κ2) is 10.7. The van der Waals surface area contributed by atoms with Gasteiger partial charge in [-0.2, -0.15) is 0 Å². The van der Waals surface area contributed by atoms with Crippen LogP contribution < -0.4 is 19.1 Å². The molecule has 0 heterocycles. The second-order valence-corrected chi connectivity index (χ2v) is 9.61. The summed E-state index contributed by atoms with van der Waals surface area (Å²) in [7, 11) is -0.385. The van der Waals surface area contributed by atoms with E-state index in [1.807, 2.05) is 19.9 Å². The van der Waals surface area contributed by atoms with Gasteiger partial charge in [0.15, 0.2) is 0 Å². The molecule has 2 aromatic rings. The zero-order chi connectivity index (χ0) is 23.2. The van der Waals surface area contributed by atoms with Crippen molar-refractivity contribution in [3.8, 4) is 11.5 Å². The normalized spacial score (nSPS) is 12.2. The summed E-state index contributed by atoms with van der Waals surface area (Å²) < 4.78 is 36.6. The molecule has 31 heavy (non-hydrogen) atoms. The van der Waals surface area contributed by atoms with E-state index in [0.29, 0.717) is 28.6 Å². The van der Waals surface area contributed by atoms with Gasteiger partial charge in [0, 0.05) is 23.6 Å². The molecule has 2 rings (SSSR count). The number of aryl methyl sites for hydroxylation is 1. The van der Waals surface area contributed by atoms with Gasteiger partial charge >= 0.3 is 0 Å². The quantitative estimate of drug-likeness (QED) is 0.567. The predicted octanol–water partition coefficient (Wildman–Crippen LogP) is 4.09. The average molecular weight is 469 g/mol. The highest BCUT2D eigenvalue weighted by molar-refractivity contribution is 7.92. The van der Waals surface area contributed by atoms with Crippen LogP contribution in [0.3, 0.4) is 0 Å². The molecule has 1 amide bonds. The number of carbonyl (C=O) groups excluding carboxylic acids is 1. The van der Waals surface area contributed by atoms with Crippen LogP contribution in [0.2, 0.25) is 5.02 Å². The highest BCUT2D eigenvalue weighted by Gasteiger charge is 2.20. The zero-order valence-electron chi connectivity index (χ0n) is 18.4. The van der Waals surface area contributed by atoms with Gasteiger partial charge in [-0.3, -0.25) is 9.10 Å². The molecule has 0 saturated heterocycles. The number of ether oxygens (including phenoxy) is 2. The van der Waals surface area contributed by atoms with Gasteiger partial charge in [-0.05, 0) is 56.2 Å². The van der Waals surface area contributed by atoms with Crippen LogP contribution in [0.5, 0.6) is 11.5 Å². The number of nitrogens with one attached hydrogen (secondary N) is 1. The SMILES string of the molecule is COc1ccc(OC)c([C@@H](C)NC(=O)CCCN(c2cc(Cl)ccc2C)S(C)(=O)=O)c1. The smallest absolute Gasteiger partial charge is 0.232 e. The van der Waals surface area contributed by atoms with Gasteiger partial charge < -0.3 is 14.8 Å². The minimum absolute atomic E-state index is 0.169. The number of methoxy groups -OCH3 is 2. The predicted molar refractivity (Wildman–Crippen MR) is 124 cm³/mol. The van der Waals surface area contributed by atoms with Crippen LogP contribution in [-0.4, -0.2) is 41.3 Å². The minimum Gasteiger partial charge on any atom is -0.497 e. The molecule has 0 aromatic heterocycles. The van der Waals surface area contributed by atoms with Crippen molar-refractivity contribution in [3.63, 3.8) is 0 Å². The van der Waals surface area contributed by atoms with Gasteiger partial charge in [-0.15, -0.1) is 0 Å². The molecule has 0 spiro atoms. The van der Waals surface area contributed by atoms with Crippen LogP contribution >= 0.6 is 11.6 Å². The molecule has 0 unspecified atom stereocenters. The number of anilines is 1. The molecular formula is C22H29ClN2O5S. The van der Waals surface area contributed by atoms with Crippen LogP contribution in [0, 0.1) is 6.92 Å². The number of rotatable bonds is 10. The maximum atomic E-state index is 12.5. The van der Waals surface area contributed by atoms with Crippen LogP contribution in [0.15, 0.2) is 36.4 Å². The lowest BCUT2D eigenvalue weighted by molar-refractivity contribution is -0.121. The number of benzene rings is 2. The zero-order valence-corrected chi connectivity index (χ0v) is 20.0. The molecule has 0 aliphatic rings. The number of nitrogens with zero attached hydrogens (tertiary/aromatic N) is 1. The summed E-state index contributed by atoms with van der Waals surface area (Å²) in [5.74, 6) is 1.12. The number of hydrogen-bond acceptors (Lipinski definition) is 5. The lowest BCUT2D eigenvalue weighted by Gasteiger charge is -2.24. The van der Waals surface area contributed by atoms with E-state index in [9.17, 15) is 13.2 Å². The summed E-state index contributed by atoms with van der Waals surface area (Å²) in [6.45, 7) is 3.84. The van der Waals surface area contributed by atoms with Gasteiger partial charge in [0.25, 0.3) is 0 Å². The molecule has 2 aromatic carbocycles. The van der Waals surface area contributed by atoms with E-state index >= 15 is 0 Å². The Labute approximate surface area is 189 Å². The third-order valence-electron chi connectivity index (χ3n) is 4.89. The van der Waals surface area contributed by atoms with Crippen molar-refractivity contribution < 1.29 is 22.7 Å². The Hall–Kier alpha value is -2.45. The van der Waals surface area contributed by atoms with E-state index in [4.69, 9.17) is 21.1 Å². The van der Waals surface area contributed by atoms with Crippen molar-refractivity contribution >= 4 is 33.2 Å². The first-order chi connectivity index (χ1) is 14.6.